The Bertz CT molecular complexity index is 541. The number of amides is 2. The standard InChI is InChI=1S/C13H15N3O2/c1-15-11(17)7-10(13(15)18)16-6-5-8-3-2-4-9(14)12(8)16/h2-4,10H,5-7,14H2,1H3. The molecule has 1 aromatic rings. The van der Waals surface area contributed by atoms with Gasteiger partial charge in [-0.25, -0.2) is 0 Å². The van der Waals surface area contributed by atoms with Crippen LogP contribution in [0.5, 0.6) is 0 Å². The number of likely N-dealkylation sites (N-methyl/N-ethyl adjacent to an activating group) is 1. The van der Waals surface area contributed by atoms with E-state index in [4.69, 9.17) is 5.73 Å². The van der Waals surface area contributed by atoms with E-state index in [0.29, 0.717) is 5.69 Å². The van der Waals surface area contributed by atoms with Gasteiger partial charge in [0.05, 0.1) is 17.8 Å². The van der Waals surface area contributed by atoms with Gasteiger partial charge in [-0.05, 0) is 18.1 Å². The van der Waals surface area contributed by atoms with E-state index in [1.807, 2.05) is 23.1 Å². The maximum atomic E-state index is 12.0. The Hall–Kier alpha value is -2.04. The number of imide groups is 1. The summed E-state index contributed by atoms with van der Waals surface area (Å²) in [5.74, 6) is -0.246. The highest BCUT2D eigenvalue weighted by Crippen LogP contribution is 2.37. The predicted molar refractivity (Wildman–Crippen MR) is 68.1 cm³/mol. The van der Waals surface area contributed by atoms with E-state index in [1.165, 1.54) is 11.9 Å². The lowest BCUT2D eigenvalue weighted by Crippen LogP contribution is -2.40. The molecular formula is C13H15N3O2. The van der Waals surface area contributed by atoms with Crippen molar-refractivity contribution in [2.24, 2.45) is 0 Å². The van der Waals surface area contributed by atoms with E-state index in [1.54, 1.807) is 0 Å². The van der Waals surface area contributed by atoms with Crippen LogP contribution in [-0.4, -0.2) is 36.3 Å². The first kappa shape index (κ1) is 11.1. The molecule has 1 saturated heterocycles. The van der Waals surface area contributed by atoms with Crippen molar-refractivity contribution in [1.29, 1.82) is 0 Å². The van der Waals surface area contributed by atoms with E-state index < -0.39 is 0 Å². The van der Waals surface area contributed by atoms with Crippen molar-refractivity contribution in [1.82, 2.24) is 4.90 Å². The first-order chi connectivity index (χ1) is 8.59. The van der Waals surface area contributed by atoms with E-state index in [-0.39, 0.29) is 24.3 Å². The van der Waals surface area contributed by atoms with Crippen LogP contribution in [0.25, 0.3) is 0 Å². The molecule has 0 saturated carbocycles. The molecule has 3 rings (SSSR count). The van der Waals surface area contributed by atoms with Crippen molar-refractivity contribution in [3.8, 4) is 0 Å². The number of hydrogen-bond donors (Lipinski definition) is 1. The van der Waals surface area contributed by atoms with Crippen molar-refractivity contribution in [3.63, 3.8) is 0 Å². The van der Waals surface area contributed by atoms with Crippen LogP contribution in [0.1, 0.15) is 12.0 Å². The number of hydrogen-bond acceptors (Lipinski definition) is 4. The van der Waals surface area contributed by atoms with E-state index in [9.17, 15) is 9.59 Å². The van der Waals surface area contributed by atoms with Gasteiger partial charge in [-0.15, -0.1) is 0 Å². The molecule has 1 atom stereocenters. The van der Waals surface area contributed by atoms with Gasteiger partial charge in [0, 0.05) is 13.6 Å². The summed E-state index contributed by atoms with van der Waals surface area (Å²) in [6.45, 7) is 0.751. The number of carbonyl (C=O) groups is 2. The fraction of sp³-hybridized carbons (Fsp3) is 0.385. The number of carbonyl (C=O) groups excluding carboxylic acids is 2. The summed E-state index contributed by atoms with van der Waals surface area (Å²) >= 11 is 0. The highest BCUT2D eigenvalue weighted by atomic mass is 16.2. The summed E-state index contributed by atoms with van der Waals surface area (Å²) in [4.78, 5) is 26.8. The molecule has 2 aliphatic heterocycles. The minimum atomic E-state index is -0.381. The van der Waals surface area contributed by atoms with Crippen LogP contribution in [0.4, 0.5) is 11.4 Å². The third kappa shape index (κ3) is 1.40. The first-order valence-corrected chi connectivity index (χ1v) is 6.04. The highest BCUT2D eigenvalue weighted by Gasteiger charge is 2.42. The molecule has 94 valence electrons. The Morgan fingerprint density at radius 2 is 2.11 bits per heavy atom. The topological polar surface area (TPSA) is 66.6 Å². The minimum Gasteiger partial charge on any atom is -0.397 e. The van der Waals surface area contributed by atoms with Crippen molar-refractivity contribution in [3.05, 3.63) is 23.8 Å². The Morgan fingerprint density at radius 3 is 2.78 bits per heavy atom. The Balaban J connectivity index is 1.98. The molecule has 2 aliphatic rings. The Labute approximate surface area is 105 Å². The molecule has 1 aromatic carbocycles. The van der Waals surface area contributed by atoms with Gasteiger partial charge in [0.1, 0.15) is 6.04 Å². The van der Waals surface area contributed by atoms with Crippen LogP contribution < -0.4 is 10.6 Å². The minimum absolute atomic E-state index is 0.118. The first-order valence-electron chi connectivity index (χ1n) is 6.04. The molecule has 18 heavy (non-hydrogen) atoms. The fourth-order valence-electron chi connectivity index (χ4n) is 2.81. The molecule has 2 heterocycles. The molecular weight excluding hydrogens is 230 g/mol. The quantitative estimate of drug-likeness (QED) is 0.574. The predicted octanol–water partition coefficient (Wildman–Crippen LogP) is 0.389. The van der Waals surface area contributed by atoms with Crippen LogP contribution in [-0.2, 0) is 16.0 Å². The number of anilines is 2. The Kier molecular flexibility index (Phi) is 2.29. The van der Waals surface area contributed by atoms with Gasteiger partial charge in [0.2, 0.25) is 5.91 Å². The average molecular weight is 245 g/mol. The summed E-state index contributed by atoms with van der Waals surface area (Å²) in [5, 5.41) is 0. The number of nitrogens with two attached hydrogens (primary N) is 1. The average Bonchev–Trinajstić information content (AvgIpc) is 2.88. The number of nitrogens with zero attached hydrogens (tertiary/aromatic N) is 2. The van der Waals surface area contributed by atoms with Gasteiger partial charge in [0.25, 0.3) is 5.91 Å². The van der Waals surface area contributed by atoms with Crippen LogP contribution in [0.2, 0.25) is 0 Å². The molecule has 2 amide bonds. The normalized spacial score (nSPS) is 22.8. The van der Waals surface area contributed by atoms with Gasteiger partial charge in [-0.3, -0.25) is 14.5 Å². The zero-order valence-electron chi connectivity index (χ0n) is 10.2. The van der Waals surface area contributed by atoms with Crippen molar-refractivity contribution >= 4 is 23.2 Å². The zero-order valence-corrected chi connectivity index (χ0v) is 10.2. The van der Waals surface area contributed by atoms with Gasteiger partial charge in [-0.1, -0.05) is 12.1 Å². The molecule has 1 unspecified atom stereocenters. The molecule has 5 heteroatoms. The summed E-state index contributed by atoms with van der Waals surface area (Å²) in [6, 6.07) is 5.40. The molecule has 2 N–H and O–H groups in total. The lowest BCUT2D eigenvalue weighted by atomic mass is 10.1. The number of nitrogen functional groups attached to an aromatic ring is 1. The number of benzene rings is 1. The highest BCUT2D eigenvalue weighted by molar-refractivity contribution is 6.07. The lowest BCUT2D eigenvalue weighted by Gasteiger charge is -2.25. The van der Waals surface area contributed by atoms with Crippen molar-refractivity contribution < 1.29 is 9.59 Å². The second-order valence-electron chi connectivity index (χ2n) is 4.81. The summed E-state index contributed by atoms with van der Waals surface area (Å²) in [7, 11) is 1.54. The third-order valence-electron chi connectivity index (χ3n) is 3.79. The summed E-state index contributed by atoms with van der Waals surface area (Å²) in [6.07, 6.45) is 1.13. The number of para-hydroxylation sites is 1. The maximum absolute atomic E-state index is 12.0. The molecule has 0 spiro atoms. The zero-order chi connectivity index (χ0) is 12.9. The number of likely N-dealkylation sites (tertiary alicyclic amines) is 1. The Morgan fingerprint density at radius 1 is 1.33 bits per heavy atom. The maximum Gasteiger partial charge on any atom is 0.252 e. The van der Waals surface area contributed by atoms with Crippen molar-refractivity contribution in [2.45, 2.75) is 18.9 Å². The summed E-state index contributed by atoms with van der Waals surface area (Å²) < 4.78 is 0. The van der Waals surface area contributed by atoms with Crippen LogP contribution in [0.15, 0.2) is 18.2 Å². The molecule has 1 fully saturated rings. The monoisotopic (exact) mass is 245 g/mol. The van der Waals surface area contributed by atoms with Crippen LogP contribution in [0, 0.1) is 0 Å². The van der Waals surface area contributed by atoms with Crippen LogP contribution >= 0.6 is 0 Å². The van der Waals surface area contributed by atoms with E-state index in [2.05, 4.69) is 0 Å². The molecule has 0 aliphatic carbocycles. The van der Waals surface area contributed by atoms with Gasteiger partial charge in [-0.2, -0.15) is 0 Å². The van der Waals surface area contributed by atoms with Crippen LogP contribution in [0.3, 0.4) is 0 Å². The second kappa shape index (κ2) is 3.73. The second-order valence-corrected chi connectivity index (χ2v) is 4.81. The molecule has 0 bridgehead atoms. The van der Waals surface area contributed by atoms with Gasteiger partial charge in [0.15, 0.2) is 0 Å². The molecule has 5 nitrogen and oxygen atoms in total. The third-order valence-corrected chi connectivity index (χ3v) is 3.79. The van der Waals surface area contributed by atoms with E-state index >= 15 is 0 Å². The largest absolute Gasteiger partial charge is 0.397 e. The van der Waals surface area contributed by atoms with Crippen molar-refractivity contribution in [2.75, 3.05) is 24.2 Å². The molecule has 0 aromatic heterocycles. The van der Waals surface area contributed by atoms with E-state index in [0.717, 1.165) is 24.2 Å². The van der Waals surface area contributed by atoms with Gasteiger partial charge >= 0.3 is 0 Å². The smallest absolute Gasteiger partial charge is 0.252 e. The fourth-order valence-corrected chi connectivity index (χ4v) is 2.81. The SMILES string of the molecule is CN1C(=O)CC(N2CCc3cccc(N)c32)C1=O. The van der Waals surface area contributed by atoms with Gasteiger partial charge < -0.3 is 10.6 Å². The lowest BCUT2D eigenvalue weighted by molar-refractivity contribution is -0.136. The number of fused-ring (bicyclic) bond motifs is 1. The number of rotatable bonds is 1. The molecule has 0 radical (unpaired) electrons. The summed E-state index contributed by atoms with van der Waals surface area (Å²) in [5.41, 5.74) is 8.76.